The zero-order chi connectivity index (χ0) is 11.7. The fraction of sp³-hybridized carbons (Fsp3) is 0.917. The first-order valence-corrected chi connectivity index (χ1v) is 5.67. The van der Waals surface area contributed by atoms with Gasteiger partial charge in [0.2, 0.25) is 0 Å². The second-order valence-corrected chi connectivity index (χ2v) is 5.71. The molecule has 1 rings (SSSR count). The molecule has 3 heteroatoms. The van der Waals surface area contributed by atoms with E-state index in [-0.39, 0.29) is 11.4 Å². The van der Waals surface area contributed by atoms with Gasteiger partial charge in [-0.2, -0.15) is 0 Å². The first-order chi connectivity index (χ1) is 6.81. The van der Waals surface area contributed by atoms with E-state index in [9.17, 15) is 4.79 Å². The van der Waals surface area contributed by atoms with Crippen LogP contribution in [0, 0.1) is 5.41 Å². The number of hydrogen-bond acceptors (Lipinski definition) is 3. The van der Waals surface area contributed by atoms with Gasteiger partial charge in [0.05, 0.1) is 7.11 Å². The highest BCUT2D eigenvalue weighted by Gasteiger charge is 2.49. The minimum absolute atomic E-state index is 0.109. The van der Waals surface area contributed by atoms with Crippen LogP contribution in [0.3, 0.4) is 0 Å². The van der Waals surface area contributed by atoms with E-state index in [1.54, 1.807) is 0 Å². The maximum atomic E-state index is 11.9. The molecule has 1 aliphatic rings. The van der Waals surface area contributed by atoms with Gasteiger partial charge in [0.15, 0.2) is 0 Å². The van der Waals surface area contributed by atoms with Crippen molar-refractivity contribution in [2.24, 2.45) is 5.41 Å². The lowest BCUT2D eigenvalue weighted by atomic mass is 9.87. The normalized spacial score (nSPS) is 29.5. The van der Waals surface area contributed by atoms with E-state index in [0.717, 1.165) is 19.3 Å². The Kier molecular flexibility index (Phi) is 3.44. The Labute approximate surface area is 92.6 Å². The van der Waals surface area contributed by atoms with E-state index in [1.807, 2.05) is 0 Å². The summed E-state index contributed by atoms with van der Waals surface area (Å²) < 4.78 is 4.93. The first-order valence-electron chi connectivity index (χ1n) is 5.67. The molecule has 0 aliphatic heterocycles. The van der Waals surface area contributed by atoms with Gasteiger partial charge in [0.1, 0.15) is 5.54 Å². The number of methoxy groups -OCH3 is 1. The monoisotopic (exact) mass is 213 g/mol. The SMILES string of the molecule is COC(=O)C1(NC(C)C)CCC(C)(C)C1. The predicted octanol–water partition coefficient (Wildman–Crippen LogP) is 2.11. The molecule has 1 unspecified atom stereocenters. The molecule has 1 aliphatic carbocycles. The highest BCUT2D eigenvalue weighted by Crippen LogP contribution is 2.44. The molecular weight excluding hydrogens is 190 g/mol. The molecule has 0 aromatic heterocycles. The van der Waals surface area contributed by atoms with Crippen molar-refractivity contribution in [1.29, 1.82) is 0 Å². The maximum absolute atomic E-state index is 11.9. The van der Waals surface area contributed by atoms with E-state index >= 15 is 0 Å². The molecule has 0 radical (unpaired) electrons. The van der Waals surface area contributed by atoms with Crippen LogP contribution in [0.15, 0.2) is 0 Å². The lowest BCUT2D eigenvalue weighted by molar-refractivity contribution is -0.149. The number of carbonyl (C=O) groups is 1. The van der Waals surface area contributed by atoms with E-state index in [2.05, 4.69) is 33.0 Å². The van der Waals surface area contributed by atoms with Crippen LogP contribution >= 0.6 is 0 Å². The number of hydrogen-bond donors (Lipinski definition) is 1. The Morgan fingerprint density at radius 1 is 1.33 bits per heavy atom. The molecular formula is C12H23NO2. The van der Waals surface area contributed by atoms with Gasteiger partial charge in [-0.1, -0.05) is 13.8 Å². The quantitative estimate of drug-likeness (QED) is 0.730. The zero-order valence-electron chi connectivity index (χ0n) is 10.5. The highest BCUT2D eigenvalue weighted by molar-refractivity contribution is 5.81. The highest BCUT2D eigenvalue weighted by atomic mass is 16.5. The minimum Gasteiger partial charge on any atom is -0.468 e. The fourth-order valence-electron chi connectivity index (χ4n) is 2.65. The minimum atomic E-state index is -0.452. The van der Waals surface area contributed by atoms with Gasteiger partial charge in [-0.05, 0) is 38.5 Å². The van der Waals surface area contributed by atoms with Crippen molar-refractivity contribution in [3.63, 3.8) is 0 Å². The molecule has 0 aromatic carbocycles. The first kappa shape index (κ1) is 12.5. The van der Waals surface area contributed by atoms with Crippen LogP contribution in [0.25, 0.3) is 0 Å². The van der Waals surface area contributed by atoms with Crippen LogP contribution in [0.1, 0.15) is 47.0 Å². The molecule has 15 heavy (non-hydrogen) atoms. The molecule has 1 N–H and O–H groups in total. The van der Waals surface area contributed by atoms with Gasteiger partial charge in [-0.3, -0.25) is 10.1 Å². The van der Waals surface area contributed by atoms with Crippen molar-refractivity contribution < 1.29 is 9.53 Å². The number of esters is 1. The number of rotatable bonds is 3. The van der Waals surface area contributed by atoms with Crippen molar-refractivity contribution in [1.82, 2.24) is 5.32 Å². The van der Waals surface area contributed by atoms with Crippen LogP contribution in [0.5, 0.6) is 0 Å². The average Bonchev–Trinajstić information content (AvgIpc) is 2.40. The third-order valence-electron chi connectivity index (χ3n) is 3.15. The smallest absolute Gasteiger partial charge is 0.326 e. The van der Waals surface area contributed by atoms with Gasteiger partial charge in [0, 0.05) is 6.04 Å². The molecule has 1 atom stereocenters. The number of nitrogens with one attached hydrogen (secondary N) is 1. The van der Waals surface area contributed by atoms with Gasteiger partial charge < -0.3 is 4.74 Å². The topological polar surface area (TPSA) is 38.3 Å². The molecule has 88 valence electrons. The van der Waals surface area contributed by atoms with E-state index in [0.29, 0.717) is 6.04 Å². The van der Waals surface area contributed by atoms with Crippen LogP contribution in [-0.4, -0.2) is 24.7 Å². The van der Waals surface area contributed by atoms with Gasteiger partial charge >= 0.3 is 5.97 Å². The Morgan fingerprint density at radius 2 is 1.93 bits per heavy atom. The Balaban J connectivity index is 2.84. The standard InChI is InChI=1S/C12H23NO2/c1-9(2)13-12(10(14)15-5)7-6-11(3,4)8-12/h9,13H,6-8H2,1-5H3. The second-order valence-electron chi connectivity index (χ2n) is 5.71. The van der Waals surface area contributed by atoms with Crippen molar-refractivity contribution in [3.8, 4) is 0 Å². The largest absolute Gasteiger partial charge is 0.468 e. The van der Waals surface area contributed by atoms with Gasteiger partial charge in [-0.15, -0.1) is 0 Å². The van der Waals surface area contributed by atoms with Crippen molar-refractivity contribution in [3.05, 3.63) is 0 Å². The van der Waals surface area contributed by atoms with E-state index in [1.165, 1.54) is 7.11 Å². The van der Waals surface area contributed by atoms with Gasteiger partial charge in [-0.25, -0.2) is 0 Å². The van der Waals surface area contributed by atoms with Crippen LogP contribution in [-0.2, 0) is 9.53 Å². The lowest BCUT2D eigenvalue weighted by Crippen LogP contribution is -2.53. The molecule has 0 amide bonds. The summed E-state index contributed by atoms with van der Waals surface area (Å²) in [6.07, 6.45) is 2.82. The van der Waals surface area contributed by atoms with Crippen LogP contribution < -0.4 is 5.32 Å². The molecule has 3 nitrogen and oxygen atoms in total. The van der Waals surface area contributed by atoms with Gasteiger partial charge in [0.25, 0.3) is 0 Å². The number of carbonyl (C=O) groups excluding carboxylic acids is 1. The molecule has 0 heterocycles. The number of ether oxygens (including phenoxy) is 1. The molecule has 1 saturated carbocycles. The van der Waals surface area contributed by atoms with Crippen LogP contribution in [0.2, 0.25) is 0 Å². The Morgan fingerprint density at radius 3 is 2.27 bits per heavy atom. The fourth-order valence-corrected chi connectivity index (χ4v) is 2.65. The second kappa shape index (κ2) is 4.12. The molecule has 1 fully saturated rings. The Bertz CT molecular complexity index is 248. The average molecular weight is 213 g/mol. The van der Waals surface area contributed by atoms with E-state index in [4.69, 9.17) is 4.74 Å². The van der Waals surface area contributed by atoms with Crippen molar-refractivity contribution in [2.45, 2.75) is 58.5 Å². The summed E-state index contributed by atoms with van der Waals surface area (Å²) in [7, 11) is 1.47. The van der Waals surface area contributed by atoms with Crippen molar-refractivity contribution >= 4 is 5.97 Å². The predicted molar refractivity (Wildman–Crippen MR) is 60.7 cm³/mol. The summed E-state index contributed by atoms with van der Waals surface area (Å²) in [5, 5.41) is 3.39. The molecule has 0 spiro atoms. The molecule has 0 saturated heterocycles. The summed E-state index contributed by atoms with van der Waals surface area (Å²) in [6, 6.07) is 0.304. The summed E-state index contributed by atoms with van der Waals surface area (Å²) in [6.45, 7) is 8.55. The van der Waals surface area contributed by atoms with E-state index < -0.39 is 5.54 Å². The zero-order valence-corrected chi connectivity index (χ0v) is 10.5. The summed E-state index contributed by atoms with van der Waals surface area (Å²) in [5.74, 6) is -0.109. The molecule has 0 bridgehead atoms. The van der Waals surface area contributed by atoms with Crippen LogP contribution in [0.4, 0.5) is 0 Å². The third kappa shape index (κ3) is 2.71. The summed E-state index contributed by atoms with van der Waals surface area (Å²) in [4.78, 5) is 11.9. The summed E-state index contributed by atoms with van der Waals surface area (Å²) in [5.41, 5.74) is -0.220. The lowest BCUT2D eigenvalue weighted by Gasteiger charge is -2.31. The third-order valence-corrected chi connectivity index (χ3v) is 3.15. The van der Waals surface area contributed by atoms with Crippen molar-refractivity contribution in [2.75, 3.05) is 7.11 Å². The molecule has 0 aromatic rings. The maximum Gasteiger partial charge on any atom is 0.326 e. The summed E-state index contributed by atoms with van der Waals surface area (Å²) >= 11 is 0. The Hall–Kier alpha value is -0.570.